The summed E-state index contributed by atoms with van der Waals surface area (Å²) in [5.41, 5.74) is 0.836. The molecule has 1 saturated heterocycles. The van der Waals surface area contributed by atoms with E-state index in [0.717, 1.165) is 0 Å². The van der Waals surface area contributed by atoms with Crippen LogP contribution in [-0.2, 0) is 27.4 Å². The minimum absolute atomic E-state index is 0.0123. The molecule has 0 aliphatic carbocycles. The summed E-state index contributed by atoms with van der Waals surface area (Å²) in [5, 5.41) is 9.89. The van der Waals surface area contributed by atoms with Crippen molar-refractivity contribution in [3.05, 3.63) is 65.7 Å². The topological polar surface area (TPSA) is 79.7 Å². The summed E-state index contributed by atoms with van der Waals surface area (Å²) in [4.78, 5) is 30.2. The number of benzene rings is 1. The van der Waals surface area contributed by atoms with Crippen molar-refractivity contribution in [2.24, 2.45) is 0 Å². The molecule has 6 nitrogen and oxygen atoms in total. The maximum atomic E-state index is 13.8. The number of amides is 1. The molecule has 0 spiro atoms. The third-order valence-electron chi connectivity index (χ3n) is 4.26. The number of β-amino-alcohol motifs (C(OH)–C–C–N with tert-alkyl or cyclic N) is 1. The van der Waals surface area contributed by atoms with Crippen LogP contribution in [0.1, 0.15) is 17.7 Å². The van der Waals surface area contributed by atoms with Gasteiger partial charge in [-0.1, -0.05) is 24.3 Å². The third-order valence-corrected chi connectivity index (χ3v) is 4.26. The van der Waals surface area contributed by atoms with Crippen LogP contribution in [0.4, 0.5) is 4.39 Å². The Kier molecular flexibility index (Phi) is 5.58. The highest BCUT2D eigenvalue weighted by Crippen LogP contribution is 2.21. The van der Waals surface area contributed by atoms with Crippen molar-refractivity contribution in [2.75, 3.05) is 6.54 Å². The number of pyridine rings is 1. The average Bonchev–Trinajstić information content (AvgIpc) is 3.04. The first-order chi connectivity index (χ1) is 12.5. The second-order valence-electron chi connectivity index (χ2n) is 6.15. The van der Waals surface area contributed by atoms with Crippen molar-refractivity contribution >= 4 is 11.9 Å². The van der Waals surface area contributed by atoms with Gasteiger partial charge in [0.15, 0.2) is 0 Å². The Morgan fingerprint density at radius 2 is 2.00 bits per heavy atom. The fourth-order valence-corrected chi connectivity index (χ4v) is 2.94. The van der Waals surface area contributed by atoms with Crippen LogP contribution in [0.5, 0.6) is 0 Å². The number of hydrogen-bond donors (Lipinski definition) is 1. The fourth-order valence-electron chi connectivity index (χ4n) is 2.94. The molecule has 2 heterocycles. The SMILES string of the molecule is O=C(OCc1ccccn1)C1CC(O)CN1C(=O)Cc1ccccc1F. The van der Waals surface area contributed by atoms with Gasteiger partial charge in [-0.15, -0.1) is 0 Å². The van der Waals surface area contributed by atoms with Crippen molar-refractivity contribution in [2.45, 2.75) is 31.6 Å². The molecular formula is C19H19FN2O4. The largest absolute Gasteiger partial charge is 0.458 e. The van der Waals surface area contributed by atoms with Crippen LogP contribution in [0.3, 0.4) is 0 Å². The lowest BCUT2D eigenvalue weighted by molar-refractivity contribution is -0.154. The number of rotatable bonds is 5. The predicted molar refractivity (Wildman–Crippen MR) is 90.3 cm³/mol. The van der Waals surface area contributed by atoms with Crippen LogP contribution >= 0.6 is 0 Å². The van der Waals surface area contributed by atoms with Gasteiger partial charge in [-0.3, -0.25) is 9.78 Å². The molecule has 2 aromatic rings. The number of ether oxygens (including phenoxy) is 1. The molecule has 1 aliphatic rings. The van der Waals surface area contributed by atoms with Gasteiger partial charge in [-0.2, -0.15) is 0 Å². The minimum Gasteiger partial charge on any atom is -0.458 e. The normalized spacial score (nSPS) is 19.4. The summed E-state index contributed by atoms with van der Waals surface area (Å²) in [6.07, 6.45) is 0.701. The predicted octanol–water partition coefficient (Wildman–Crippen LogP) is 1.47. The van der Waals surface area contributed by atoms with Gasteiger partial charge < -0.3 is 14.7 Å². The van der Waals surface area contributed by atoms with E-state index in [1.807, 2.05) is 0 Å². The highest BCUT2D eigenvalue weighted by molar-refractivity contribution is 5.86. The Morgan fingerprint density at radius 1 is 1.23 bits per heavy atom. The maximum absolute atomic E-state index is 13.8. The Labute approximate surface area is 150 Å². The van der Waals surface area contributed by atoms with E-state index in [2.05, 4.69) is 4.98 Å². The third kappa shape index (κ3) is 4.23. The maximum Gasteiger partial charge on any atom is 0.329 e. The first-order valence-corrected chi connectivity index (χ1v) is 8.32. The van der Waals surface area contributed by atoms with E-state index in [1.165, 1.54) is 17.0 Å². The lowest BCUT2D eigenvalue weighted by Crippen LogP contribution is -2.42. The van der Waals surface area contributed by atoms with Gasteiger partial charge in [-0.25, -0.2) is 9.18 Å². The highest BCUT2D eigenvalue weighted by Gasteiger charge is 2.39. The van der Waals surface area contributed by atoms with Gasteiger partial charge in [0, 0.05) is 19.2 Å². The smallest absolute Gasteiger partial charge is 0.329 e. The molecule has 136 valence electrons. The lowest BCUT2D eigenvalue weighted by Gasteiger charge is -2.23. The molecule has 2 unspecified atom stereocenters. The summed E-state index contributed by atoms with van der Waals surface area (Å²) in [6, 6.07) is 10.4. The number of likely N-dealkylation sites (tertiary alicyclic amines) is 1. The molecule has 1 N–H and O–H groups in total. The number of esters is 1. The van der Waals surface area contributed by atoms with Gasteiger partial charge in [0.05, 0.1) is 18.2 Å². The second kappa shape index (κ2) is 8.05. The minimum atomic E-state index is -0.881. The number of halogens is 1. The van der Waals surface area contributed by atoms with Gasteiger partial charge in [0.1, 0.15) is 18.5 Å². The Hall–Kier alpha value is -2.80. The first kappa shape index (κ1) is 18.0. The quantitative estimate of drug-likeness (QED) is 0.819. The van der Waals surface area contributed by atoms with Crippen LogP contribution < -0.4 is 0 Å². The zero-order chi connectivity index (χ0) is 18.5. The molecule has 1 fully saturated rings. The Balaban J connectivity index is 1.65. The lowest BCUT2D eigenvalue weighted by atomic mass is 10.1. The van der Waals surface area contributed by atoms with Crippen molar-refractivity contribution in [3.63, 3.8) is 0 Å². The molecule has 0 bridgehead atoms. The molecule has 1 amide bonds. The van der Waals surface area contributed by atoms with Crippen LogP contribution in [0.15, 0.2) is 48.7 Å². The second-order valence-corrected chi connectivity index (χ2v) is 6.15. The van der Waals surface area contributed by atoms with E-state index in [1.54, 1.807) is 36.5 Å². The molecule has 0 saturated carbocycles. The standard InChI is InChI=1S/C19H19FN2O4/c20-16-7-2-1-5-13(16)9-18(24)22-11-15(23)10-17(22)19(25)26-12-14-6-3-4-8-21-14/h1-8,15,17,23H,9-12H2. The van der Waals surface area contributed by atoms with Gasteiger partial charge in [-0.05, 0) is 23.8 Å². The van der Waals surface area contributed by atoms with Gasteiger partial charge >= 0.3 is 5.97 Å². The zero-order valence-electron chi connectivity index (χ0n) is 14.0. The van der Waals surface area contributed by atoms with Crippen LogP contribution in [0.2, 0.25) is 0 Å². The molecule has 0 radical (unpaired) electrons. The van der Waals surface area contributed by atoms with E-state index in [-0.39, 0.29) is 31.6 Å². The zero-order valence-corrected chi connectivity index (χ0v) is 14.0. The molecule has 3 rings (SSSR count). The highest BCUT2D eigenvalue weighted by atomic mass is 19.1. The summed E-state index contributed by atoms with van der Waals surface area (Å²) >= 11 is 0. The summed E-state index contributed by atoms with van der Waals surface area (Å²) in [7, 11) is 0. The number of aromatic nitrogens is 1. The molecular weight excluding hydrogens is 339 g/mol. The van der Waals surface area contributed by atoms with Gasteiger partial charge in [0.2, 0.25) is 5.91 Å². The average molecular weight is 358 g/mol. The summed E-state index contributed by atoms with van der Waals surface area (Å²) in [5.74, 6) is -1.50. The number of hydrogen-bond acceptors (Lipinski definition) is 5. The number of carbonyl (C=O) groups is 2. The van der Waals surface area contributed by atoms with E-state index in [0.29, 0.717) is 5.69 Å². The number of aliphatic hydroxyl groups is 1. The monoisotopic (exact) mass is 358 g/mol. The first-order valence-electron chi connectivity index (χ1n) is 8.32. The molecule has 1 aromatic carbocycles. The Bertz CT molecular complexity index is 784. The molecule has 26 heavy (non-hydrogen) atoms. The fraction of sp³-hybridized carbons (Fsp3) is 0.316. The number of aliphatic hydroxyl groups excluding tert-OH is 1. The van der Waals surface area contributed by atoms with Crippen molar-refractivity contribution in [1.29, 1.82) is 0 Å². The van der Waals surface area contributed by atoms with Crippen LogP contribution in [0.25, 0.3) is 0 Å². The van der Waals surface area contributed by atoms with E-state index in [9.17, 15) is 19.1 Å². The van der Waals surface area contributed by atoms with Crippen LogP contribution in [0, 0.1) is 5.82 Å². The van der Waals surface area contributed by atoms with Crippen molar-refractivity contribution < 1.29 is 23.8 Å². The molecule has 2 atom stereocenters. The van der Waals surface area contributed by atoms with Crippen molar-refractivity contribution in [1.82, 2.24) is 9.88 Å². The molecule has 7 heteroatoms. The van der Waals surface area contributed by atoms with E-state index < -0.39 is 29.8 Å². The molecule has 1 aliphatic heterocycles. The Morgan fingerprint density at radius 3 is 2.73 bits per heavy atom. The number of nitrogens with zero attached hydrogens (tertiary/aromatic N) is 2. The summed E-state index contributed by atoms with van der Waals surface area (Å²) < 4.78 is 19.0. The number of carbonyl (C=O) groups excluding carboxylic acids is 2. The molecule has 1 aromatic heterocycles. The van der Waals surface area contributed by atoms with Gasteiger partial charge in [0.25, 0.3) is 0 Å². The van der Waals surface area contributed by atoms with Crippen molar-refractivity contribution in [3.8, 4) is 0 Å². The summed E-state index contributed by atoms with van der Waals surface area (Å²) in [6.45, 7) is 0.0122. The van der Waals surface area contributed by atoms with E-state index in [4.69, 9.17) is 4.74 Å². The van der Waals surface area contributed by atoms with Crippen LogP contribution in [-0.4, -0.2) is 45.6 Å². The van der Waals surface area contributed by atoms with E-state index >= 15 is 0 Å².